The minimum Gasteiger partial charge on any atom is -0.500 e. The molecule has 0 bridgehead atoms. The molecule has 0 aromatic heterocycles. The number of phenolic OH excluding ortho intramolecular Hbond substituents is 1. The lowest BCUT2D eigenvalue weighted by Gasteiger charge is -2.14. The average Bonchev–Trinajstić information content (AvgIpc) is 2.77. The molecule has 0 aliphatic carbocycles. The minimum absolute atomic E-state index is 0.0740. The Morgan fingerprint density at radius 1 is 1.12 bits per heavy atom. The summed E-state index contributed by atoms with van der Waals surface area (Å²) in [6.07, 6.45) is 1.23. The SMILES string of the molecule is COc1cc(C=NNC(=O)c2ccccc2Nc2cccc(C)c2C)cc([N+](=O)[O-])c1O. The first kappa shape index (κ1) is 22.3. The molecule has 0 radical (unpaired) electrons. The maximum absolute atomic E-state index is 12.7. The van der Waals surface area contributed by atoms with Crippen LogP contribution in [-0.4, -0.2) is 29.3 Å². The fraction of sp³-hybridized carbons (Fsp3) is 0.130. The molecule has 0 aliphatic heterocycles. The number of hydrogen-bond donors (Lipinski definition) is 3. The predicted molar refractivity (Wildman–Crippen MR) is 122 cm³/mol. The van der Waals surface area contributed by atoms with Gasteiger partial charge in [-0.05, 0) is 49.2 Å². The van der Waals surface area contributed by atoms with Gasteiger partial charge in [-0.25, -0.2) is 5.43 Å². The number of amides is 1. The Labute approximate surface area is 184 Å². The number of nitrogens with zero attached hydrogens (tertiary/aromatic N) is 2. The first-order valence-electron chi connectivity index (χ1n) is 9.63. The maximum atomic E-state index is 12.7. The molecule has 32 heavy (non-hydrogen) atoms. The minimum atomic E-state index is -0.733. The van der Waals surface area contributed by atoms with E-state index in [4.69, 9.17) is 4.74 Å². The lowest BCUT2D eigenvalue weighted by molar-refractivity contribution is -0.386. The number of hydrogen-bond acceptors (Lipinski definition) is 7. The summed E-state index contributed by atoms with van der Waals surface area (Å²) in [5.74, 6) is -1.12. The Kier molecular flexibility index (Phi) is 6.69. The Hall–Kier alpha value is -4.40. The van der Waals surface area contributed by atoms with Crippen LogP contribution in [0.25, 0.3) is 0 Å². The Bertz CT molecular complexity index is 1210. The smallest absolute Gasteiger partial charge is 0.315 e. The van der Waals surface area contributed by atoms with Crippen molar-refractivity contribution in [1.29, 1.82) is 0 Å². The van der Waals surface area contributed by atoms with Gasteiger partial charge in [0.05, 0.1) is 29.5 Å². The number of aryl methyl sites for hydroxylation is 1. The van der Waals surface area contributed by atoms with Gasteiger partial charge in [0, 0.05) is 17.3 Å². The van der Waals surface area contributed by atoms with Gasteiger partial charge in [0.15, 0.2) is 5.75 Å². The molecule has 3 rings (SSSR count). The molecule has 0 atom stereocenters. The van der Waals surface area contributed by atoms with Crippen LogP contribution in [0.15, 0.2) is 59.7 Å². The predicted octanol–water partition coefficient (Wildman–Crippen LogP) is 4.43. The average molecular weight is 434 g/mol. The topological polar surface area (TPSA) is 126 Å². The molecular formula is C23H22N4O5. The number of carbonyl (C=O) groups excluding carboxylic acids is 1. The molecule has 9 nitrogen and oxygen atoms in total. The number of ether oxygens (including phenoxy) is 1. The van der Waals surface area contributed by atoms with Crippen LogP contribution in [0.2, 0.25) is 0 Å². The molecule has 0 saturated carbocycles. The molecule has 3 aromatic rings. The van der Waals surface area contributed by atoms with Crippen LogP contribution in [0.4, 0.5) is 17.1 Å². The summed E-state index contributed by atoms with van der Waals surface area (Å²) in [6, 6.07) is 15.4. The molecule has 9 heteroatoms. The number of hydrazone groups is 1. The lowest BCUT2D eigenvalue weighted by atomic mass is 10.1. The van der Waals surface area contributed by atoms with Crippen LogP contribution in [-0.2, 0) is 0 Å². The van der Waals surface area contributed by atoms with Crippen LogP contribution >= 0.6 is 0 Å². The van der Waals surface area contributed by atoms with Crippen LogP contribution in [0.1, 0.15) is 27.0 Å². The summed E-state index contributed by atoms with van der Waals surface area (Å²) in [5.41, 5.74) is 6.23. The number of nitro benzene ring substituents is 1. The van der Waals surface area contributed by atoms with Gasteiger partial charge in [0.2, 0.25) is 5.75 Å². The molecule has 0 aliphatic rings. The van der Waals surface area contributed by atoms with E-state index in [0.29, 0.717) is 11.3 Å². The van der Waals surface area contributed by atoms with E-state index in [1.54, 1.807) is 18.2 Å². The first-order valence-corrected chi connectivity index (χ1v) is 9.63. The Morgan fingerprint density at radius 3 is 2.56 bits per heavy atom. The van der Waals surface area contributed by atoms with Crippen molar-refractivity contribution in [2.75, 3.05) is 12.4 Å². The summed E-state index contributed by atoms with van der Waals surface area (Å²) in [5, 5.41) is 28.1. The maximum Gasteiger partial charge on any atom is 0.315 e. The van der Waals surface area contributed by atoms with Crippen molar-refractivity contribution in [1.82, 2.24) is 5.43 Å². The highest BCUT2D eigenvalue weighted by Crippen LogP contribution is 2.36. The molecule has 1 amide bonds. The zero-order valence-electron chi connectivity index (χ0n) is 17.7. The van der Waals surface area contributed by atoms with Crippen molar-refractivity contribution in [3.8, 4) is 11.5 Å². The van der Waals surface area contributed by atoms with Gasteiger partial charge in [-0.1, -0.05) is 24.3 Å². The molecular weight excluding hydrogens is 412 g/mol. The number of aromatic hydroxyl groups is 1. The Morgan fingerprint density at radius 2 is 1.84 bits per heavy atom. The van der Waals surface area contributed by atoms with Gasteiger partial charge in [-0.3, -0.25) is 14.9 Å². The van der Waals surface area contributed by atoms with Crippen molar-refractivity contribution in [2.24, 2.45) is 5.10 Å². The third-order valence-corrected chi connectivity index (χ3v) is 4.92. The summed E-state index contributed by atoms with van der Waals surface area (Å²) >= 11 is 0. The van der Waals surface area contributed by atoms with Crippen molar-refractivity contribution in [3.05, 3.63) is 87.0 Å². The number of nitro groups is 1. The second kappa shape index (κ2) is 9.61. The molecule has 0 fully saturated rings. The highest BCUT2D eigenvalue weighted by atomic mass is 16.6. The third-order valence-electron chi connectivity index (χ3n) is 4.92. The summed E-state index contributed by atoms with van der Waals surface area (Å²) in [4.78, 5) is 23.1. The molecule has 3 aromatic carbocycles. The number of para-hydroxylation sites is 1. The second-order valence-corrected chi connectivity index (χ2v) is 6.97. The van der Waals surface area contributed by atoms with Crippen LogP contribution in [0, 0.1) is 24.0 Å². The monoisotopic (exact) mass is 434 g/mol. The first-order chi connectivity index (χ1) is 15.3. The van der Waals surface area contributed by atoms with Gasteiger partial charge in [0.25, 0.3) is 5.91 Å². The van der Waals surface area contributed by atoms with E-state index in [1.165, 1.54) is 19.4 Å². The fourth-order valence-electron chi connectivity index (χ4n) is 3.03. The van der Waals surface area contributed by atoms with Crippen molar-refractivity contribution >= 4 is 29.2 Å². The van der Waals surface area contributed by atoms with Crippen molar-refractivity contribution in [2.45, 2.75) is 13.8 Å². The van der Waals surface area contributed by atoms with Crippen LogP contribution < -0.4 is 15.5 Å². The summed E-state index contributed by atoms with van der Waals surface area (Å²) in [6.45, 7) is 4.01. The fourth-order valence-corrected chi connectivity index (χ4v) is 3.03. The molecule has 164 valence electrons. The van der Waals surface area contributed by atoms with Crippen LogP contribution in [0.5, 0.6) is 11.5 Å². The number of rotatable bonds is 7. The van der Waals surface area contributed by atoms with Gasteiger partial charge in [-0.15, -0.1) is 0 Å². The standard InChI is InChI=1S/C23H22N4O5/c1-14-7-6-10-18(15(14)2)25-19-9-5-4-8-17(19)23(29)26-24-13-16-11-20(27(30)31)22(28)21(12-16)32-3/h4-13,25,28H,1-3H3,(H,26,29). The third kappa shape index (κ3) is 4.84. The number of anilines is 2. The highest BCUT2D eigenvalue weighted by Gasteiger charge is 2.19. The van der Waals surface area contributed by atoms with E-state index in [0.717, 1.165) is 22.9 Å². The van der Waals surface area contributed by atoms with Crippen molar-refractivity contribution in [3.63, 3.8) is 0 Å². The van der Waals surface area contributed by atoms with E-state index in [2.05, 4.69) is 15.8 Å². The zero-order chi connectivity index (χ0) is 23.3. The van der Waals surface area contributed by atoms with E-state index in [1.807, 2.05) is 38.1 Å². The molecule has 3 N–H and O–H groups in total. The number of phenols is 1. The van der Waals surface area contributed by atoms with Gasteiger partial charge < -0.3 is 15.2 Å². The van der Waals surface area contributed by atoms with Crippen molar-refractivity contribution < 1.29 is 19.6 Å². The van der Waals surface area contributed by atoms with E-state index in [9.17, 15) is 20.0 Å². The lowest BCUT2D eigenvalue weighted by Crippen LogP contribution is -2.19. The number of methoxy groups -OCH3 is 1. The number of nitrogens with one attached hydrogen (secondary N) is 2. The second-order valence-electron chi connectivity index (χ2n) is 6.97. The van der Waals surface area contributed by atoms with Gasteiger partial charge in [-0.2, -0.15) is 5.10 Å². The van der Waals surface area contributed by atoms with E-state index >= 15 is 0 Å². The van der Waals surface area contributed by atoms with E-state index in [-0.39, 0.29) is 11.3 Å². The number of carbonyl (C=O) groups is 1. The normalized spacial score (nSPS) is 10.7. The highest BCUT2D eigenvalue weighted by molar-refractivity contribution is 6.00. The number of benzene rings is 3. The molecule has 0 saturated heterocycles. The van der Waals surface area contributed by atoms with Crippen LogP contribution in [0.3, 0.4) is 0 Å². The van der Waals surface area contributed by atoms with Gasteiger partial charge in [0.1, 0.15) is 0 Å². The molecule has 0 heterocycles. The largest absolute Gasteiger partial charge is 0.500 e. The zero-order valence-corrected chi connectivity index (χ0v) is 17.7. The molecule has 0 spiro atoms. The quantitative estimate of drug-likeness (QED) is 0.287. The summed E-state index contributed by atoms with van der Waals surface area (Å²) in [7, 11) is 1.28. The Balaban J connectivity index is 1.80. The summed E-state index contributed by atoms with van der Waals surface area (Å²) < 4.78 is 4.95. The van der Waals surface area contributed by atoms with Gasteiger partial charge >= 0.3 is 5.69 Å². The molecule has 0 unspecified atom stereocenters. The van der Waals surface area contributed by atoms with E-state index < -0.39 is 22.3 Å².